The summed E-state index contributed by atoms with van der Waals surface area (Å²) in [5, 5.41) is 15.7. The molecule has 3 N–H and O–H groups in total. The second kappa shape index (κ2) is 13.3. The number of rotatable bonds is 9. The molecule has 4 rings (SSSR count). The number of aryl methyl sites for hydroxylation is 3. The highest BCUT2D eigenvalue weighted by atomic mass is 16.6. The zero-order valence-corrected chi connectivity index (χ0v) is 25.9. The number of carbonyl (C=O) groups is 3. The molecule has 0 radical (unpaired) electrons. The maximum atomic E-state index is 14.6. The standard InChI is InChI=1S/C35H43N3O5/c1-22-13-17-26(18-14-22)31(32(40)37-30-23(2)9-7-10-24(30)3)38(27-11-8-12-27)33(41)29(36-34(42)43-35(4,5)6)21-25-15-19-28(39)20-16-25/h7,9-10,13-20,27,29,31,39H,8,11-12,21H2,1-6H3,(H,36,42)(H,37,40). The van der Waals surface area contributed by atoms with Crippen molar-refractivity contribution in [2.45, 2.75) is 91.0 Å². The van der Waals surface area contributed by atoms with Crippen LogP contribution in [0.15, 0.2) is 66.7 Å². The number of hydrogen-bond donors (Lipinski definition) is 3. The molecule has 1 saturated carbocycles. The zero-order valence-electron chi connectivity index (χ0n) is 25.9. The summed E-state index contributed by atoms with van der Waals surface area (Å²) < 4.78 is 5.53. The number of para-hydroxylation sites is 1. The number of ether oxygens (including phenoxy) is 1. The van der Waals surface area contributed by atoms with Crippen molar-refractivity contribution in [2.75, 3.05) is 5.32 Å². The van der Waals surface area contributed by atoms with Crippen molar-refractivity contribution in [1.82, 2.24) is 10.2 Å². The largest absolute Gasteiger partial charge is 0.508 e. The molecule has 0 bridgehead atoms. The summed E-state index contributed by atoms with van der Waals surface area (Å²) in [6, 6.07) is 17.9. The van der Waals surface area contributed by atoms with Crippen LogP contribution in [0.3, 0.4) is 0 Å². The highest BCUT2D eigenvalue weighted by Gasteiger charge is 2.42. The molecule has 8 nitrogen and oxygen atoms in total. The predicted octanol–water partition coefficient (Wildman–Crippen LogP) is 6.51. The minimum atomic E-state index is -1.01. The van der Waals surface area contributed by atoms with E-state index in [1.165, 1.54) is 0 Å². The molecule has 3 aromatic rings. The second-order valence-electron chi connectivity index (χ2n) is 12.5. The molecule has 0 aromatic heterocycles. The van der Waals surface area contributed by atoms with Crippen LogP contribution in [-0.2, 0) is 20.7 Å². The Balaban J connectivity index is 1.76. The highest BCUT2D eigenvalue weighted by molar-refractivity contribution is 6.00. The minimum absolute atomic E-state index is 0.102. The molecule has 1 aliphatic carbocycles. The minimum Gasteiger partial charge on any atom is -0.508 e. The van der Waals surface area contributed by atoms with Crippen LogP contribution >= 0.6 is 0 Å². The Bertz CT molecular complexity index is 1420. The number of nitrogens with zero attached hydrogens (tertiary/aromatic N) is 1. The Morgan fingerprint density at radius 1 is 0.930 bits per heavy atom. The van der Waals surface area contributed by atoms with Crippen LogP contribution < -0.4 is 10.6 Å². The Labute approximate surface area is 254 Å². The first-order valence-electron chi connectivity index (χ1n) is 14.9. The van der Waals surface area contributed by atoms with Gasteiger partial charge in [0.15, 0.2) is 0 Å². The number of nitrogens with one attached hydrogen (secondary N) is 2. The molecular weight excluding hydrogens is 542 g/mol. The maximum Gasteiger partial charge on any atom is 0.408 e. The van der Waals surface area contributed by atoms with Gasteiger partial charge in [-0.05, 0) is 95.2 Å². The molecule has 1 fully saturated rings. The fourth-order valence-electron chi connectivity index (χ4n) is 5.27. The van der Waals surface area contributed by atoms with Crippen molar-refractivity contribution in [2.24, 2.45) is 0 Å². The number of amides is 3. The van der Waals surface area contributed by atoms with Gasteiger partial charge in [-0.1, -0.05) is 60.2 Å². The molecule has 0 spiro atoms. The molecule has 8 heteroatoms. The number of phenolic OH excluding ortho intramolecular Hbond substituents is 1. The lowest BCUT2D eigenvalue weighted by Crippen LogP contribution is -2.57. The summed E-state index contributed by atoms with van der Waals surface area (Å²) in [4.78, 5) is 43.6. The van der Waals surface area contributed by atoms with E-state index in [1.54, 1.807) is 49.9 Å². The van der Waals surface area contributed by atoms with Gasteiger partial charge in [-0.2, -0.15) is 0 Å². The molecule has 1 aliphatic rings. The van der Waals surface area contributed by atoms with Gasteiger partial charge in [0, 0.05) is 18.2 Å². The highest BCUT2D eigenvalue weighted by Crippen LogP contribution is 2.35. The molecule has 3 aromatic carbocycles. The Hall–Kier alpha value is -4.33. The molecule has 0 aliphatic heterocycles. The van der Waals surface area contributed by atoms with Crippen LogP contribution in [-0.4, -0.2) is 45.6 Å². The Morgan fingerprint density at radius 2 is 1.53 bits per heavy atom. The molecular formula is C35H43N3O5. The summed E-state index contributed by atoms with van der Waals surface area (Å²) in [6.07, 6.45) is 1.88. The van der Waals surface area contributed by atoms with E-state index in [0.717, 1.165) is 47.2 Å². The van der Waals surface area contributed by atoms with Crippen LogP contribution in [0.5, 0.6) is 5.75 Å². The van der Waals surface area contributed by atoms with Crippen LogP contribution in [0.2, 0.25) is 0 Å². The average molecular weight is 586 g/mol. The van der Waals surface area contributed by atoms with E-state index in [0.29, 0.717) is 5.56 Å². The van der Waals surface area contributed by atoms with E-state index in [9.17, 15) is 19.5 Å². The molecule has 43 heavy (non-hydrogen) atoms. The Morgan fingerprint density at radius 3 is 2.07 bits per heavy atom. The van der Waals surface area contributed by atoms with Crippen LogP contribution in [0.25, 0.3) is 0 Å². The molecule has 3 amide bonds. The van der Waals surface area contributed by atoms with Gasteiger partial charge in [0.1, 0.15) is 23.4 Å². The predicted molar refractivity (Wildman–Crippen MR) is 168 cm³/mol. The van der Waals surface area contributed by atoms with E-state index in [1.807, 2.05) is 63.2 Å². The van der Waals surface area contributed by atoms with Crippen molar-refractivity contribution >= 4 is 23.6 Å². The summed E-state index contributed by atoms with van der Waals surface area (Å²) in [5.74, 6) is -0.585. The van der Waals surface area contributed by atoms with Gasteiger partial charge >= 0.3 is 6.09 Å². The first-order chi connectivity index (χ1) is 20.3. The lowest BCUT2D eigenvalue weighted by Gasteiger charge is -2.43. The fourth-order valence-corrected chi connectivity index (χ4v) is 5.27. The van der Waals surface area contributed by atoms with Crippen molar-refractivity contribution in [3.63, 3.8) is 0 Å². The molecule has 228 valence electrons. The van der Waals surface area contributed by atoms with Gasteiger partial charge in [-0.3, -0.25) is 9.59 Å². The summed E-state index contributed by atoms with van der Waals surface area (Å²) in [5.41, 5.74) is 4.28. The topological polar surface area (TPSA) is 108 Å². The van der Waals surface area contributed by atoms with Crippen molar-refractivity contribution in [3.8, 4) is 5.75 Å². The van der Waals surface area contributed by atoms with Gasteiger partial charge in [0.25, 0.3) is 5.91 Å². The third-order valence-corrected chi connectivity index (χ3v) is 7.74. The number of hydrogen-bond acceptors (Lipinski definition) is 5. The van der Waals surface area contributed by atoms with Gasteiger partial charge in [-0.25, -0.2) is 4.79 Å². The van der Waals surface area contributed by atoms with Gasteiger partial charge in [0.05, 0.1) is 0 Å². The monoisotopic (exact) mass is 585 g/mol. The van der Waals surface area contributed by atoms with Gasteiger partial charge < -0.3 is 25.4 Å². The number of carbonyl (C=O) groups excluding carboxylic acids is 3. The van der Waals surface area contributed by atoms with Gasteiger partial charge in [0.2, 0.25) is 5.91 Å². The number of alkyl carbamates (subject to hydrolysis) is 1. The number of benzene rings is 3. The smallest absolute Gasteiger partial charge is 0.408 e. The van der Waals surface area contributed by atoms with Crippen LogP contribution in [0.1, 0.15) is 73.9 Å². The second-order valence-corrected chi connectivity index (χ2v) is 12.5. The quantitative estimate of drug-likeness (QED) is 0.265. The molecule has 0 heterocycles. The van der Waals surface area contributed by atoms with E-state index in [4.69, 9.17) is 4.74 Å². The zero-order chi connectivity index (χ0) is 31.3. The summed E-state index contributed by atoms with van der Waals surface area (Å²) >= 11 is 0. The van der Waals surface area contributed by atoms with Crippen LogP contribution in [0, 0.1) is 20.8 Å². The van der Waals surface area contributed by atoms with E-state index in [2.05, 4.69) is 10.6 Å². The lowest BCUT2D eigenvalue weighted by atomic mass is 9.87. The van der Waals surface area contributed by atoms with Crippen molar-refractivity contribution < 1.29 is 24.2 Å². The summed E-state index contributed by atoms with van der Waals surface area (Å²) in [7, 11) is 0. The third kappa shape index (κ3) is 8.15. The Kier molecular flexibility index (Phi) is 9.79. The van der Waals surface area contributed by atoms with E-state index < -0.39 is 23.8 Å². The third-order valence-electron chi connectivity index (χ3n) is 7.74. The number of aromatic hydroxyl groups is 1. The molecule has 0 saturated heterocycles. The maximum absolute atomic E-state index is 14.6. The van der Waals surface area contributed by atoms with Crippen molar-refractivity contribution in [3.05, 3.63) is 94.5 Å². The first kappa shape index (κ1) is 31.6. The van der Waals surface area contributed by atoms with E-state index >= 15 is 0 Å². The normalized spacial score (nSPS) is 14.7. The fraction of sp³-hybridized carbons (Fsp3) is 0.400. The van der Waals surface area contributed by atoms with Gasteiger partial charge in [-0.15, -0.1) is 0 Å². The number of phenols is 1. The molecule has 2 atom stereocenters. The number of anilines is 1. The summed E-state index contributed by atoms with van der Waals surface area (Å²) in [6.45, 7) is 11.1. The van der Waals surface area contributed by atoms with Crippen molar-refractivity contribution in [1.29, 1.82) is 0 Å². The average Bonchev–Trinajstić information content (AvgIpc) is 2.90. The van der Waals surface area contributed by atoms with Crippen LogP contribution in [0.4, 0.5) is 10.5 Å². The molecule has 2 unspecified atom stereocenters. The van der Waals surface area contributed by atoms with E-state index in [-0.39, 0.29) is 30.0 Å². The SMILES string of the molecule is Cc1ccc(C(C(=O)Nc2c(C)cccc2C)N(C(=O)C(Cc2ccc(O)cc2)NC(=O)OC(C)(C)C)C2CCC2)cc1. The first-order valence-corrected chi connectivity index (χ1v) is 14.9. The lowest BCUT2D eigenvalue weighted by molar-refractivity contribution is -0.145.